The third-order valence-corrected chi connectivity index (χ3v) is 2.62. The highest BCUT2D eigenvalue weighted by Crippen LogP contribution is 2.13. The molecule has 0 aromatic heterocycles. The van der Waals surface area contributed by atoms with Crippen molar-refractivity contribution in [1.29, 1.82) is 0 Å². The highest BCUT2D eigenvalue weighted by molar-refractivity contribution is 6.21. The van der Waals surface area contributed by atoms with Gasteiger partial charge in [0.05, 0.1) is 22.2 Å². The van der Waals surface area contributed by atoms with Crippen LogP contribution in [0.4, 0.5) is 5.69 Å². The quantitative estimate of drug-likeness (QED) is 0.359. The molecule has 17 heavy (non-hydrogen) atoms. The zero-order chi connectivity index (χ0) is 12.8. The van der Waals surface area contributed by atoms with Gasteiger partial charge in [-0.1, -0.05) is 0 Å². The lowest BCUT2D eigenvalue weighted by Crippen LogP contribution is -2.21. The molecule has 0 saturated carbocycles. The molecule has 0 unspecified atom stereocenters. The van der Waals surface area contributed by atoms with Crippen LogP contribution in [-0.4, -0.2) is 28.8 Å². The van der Waals surface area contributed by atoms with Gasteiger partial charge in [0, 0.05) is 12.1 Å². The predicted molar refractivity (Wildman–Crippen MR) is 63.7 cm³/mol. The summed E-state index contributed by atoms with van der Waals surface area (Å²) in [6.45, 7) is 0. The molecule has 0 aliphatic carbocycles. The van der Waals surface area contributed by atoms with E-state index in [1.807, 2.05) is 0 Å². The molecule has 0 atom stereocenters. The molecule has 0 radical (unpaired) electrons. The lowest BCUT2D eigenvalue weighted by molar-refractivity contribution is -0.384. The first kappa shape index (κ1) is 13.7. The van der Waals surface area contributed by atoms with Gasteiger partial charge in [0.1, 0.15) is 6.10 Å². The maximum atomic E-state index is 11.5. The molecular weight excluding hydrogens is 269 g/mol. The van der Waals surface area contributed by atoms with Crippen molar-refractivity contribution >= 4 is 34.9 Å². The molecule has 0 heterocycles. The standard InChI is InChI=1S/C10H9Cl2NO4/c11-5-9(6-12)17-10(14)7-1-3-8(4-2-7)13(15)16/h1-4,9H,5-6H2. The minimum atomic E-state index is -0.605. The summed E-state index contributed by atoms with van der Waals surface area (Å²) >= 11 is 11.0. The van der Waals surface area contributed by atoms with E-state index in [0.717, 1.165) is 0 Å². The molecule has 0 spiro atoms. The minimum absolute atomic E-state index is 0.0900. The second-order valence-electron chi connectivity index (χ2n) is 3.14. The fourth-order valence-electron chi connectivity index (χ4n) is 1.04. The van der Waals surface area contributed by atoms with Gasteiger partial charge in [-0.05, 0) is 12.1 Å². The first-order valence-corrected chi connectivity index (χ1v) is 5.72. The Bertz CT molecular complexity index is 403. The first-order valence-electron chi connectivity index (χ1n) is 4.66. The van der Waals surface area contributed by atoms with Gasteiger partial charge in [-0.15, -0.1) is 23.2 Å². The Morgan fingerprint density at radius 2 is 1.82 bits per heavy atom. The second kappa shape index (κ2) is 6.42. The van der Waals surface area contributed by atoms with Crippen LogP contribution in [0.15, 0.2) is 24.3 Å². The van der Waals surface area contributed by atoms with E-state index in [-0.39, 0.29) is 23.0 Å². The van der Waals surface area contributed by atoms with E-state index >= 15 is 0 Å². The Labute approximate surface area is 107 Å². The van der Waals surface area contributed by atoms with Gasteiger partial charge in [0.2, 0.25) is 0 Å². The van der Waals surface area contributed by atoms with E-state index in [1.165, 1.54) is 24.3 Å². The van der Waals surface area contributed by atoms with E-state index in [2.05, 4.69) is 0 Å². The zero-order valence-corrected chi connectivity index (χ0v) is 10.1. The predicted octanol–water partition coefficient (Wildman–Crippen LogP) is 2.60. The third kappa shape index (κ3) is 3.87. The molecule has 0 saturated heterocycles. The SMILES string of the molecule is O=C(OC(CCl)CCl)c1ccc([N+](=O)[O-])cc1. The first-order chi connectivity index (χ1) is 8.08. The molecule has 1 rings (SSSR count). The van der Waals surface area contributed by atoms with Crippen molar-refractivity contribution in [2.75, 3.05) is 11.8 Å². The van der Waals surface area contributed by atoms with Crippen LogP contribution in [0.1, 0.15) is 10.4 Å². The van der Waals surface area contributed by atoms with E-state index in [0.29, 0.717) is 0 Å². The van der Waals surface area contributed by atoms with Gasteiger partial charge in [-0.25, -0.2) is 4.79 Å². The van der Waals surface area contributed by atoms with Crippen LogP contribution in [0.2, 0.25) is 0 Å². The van der Waals surface area contributed by atoms with Crippen LogP contribution >= 0.6 is 23.2 Å². The third-order valence-electron chi connectivity index (χ3n) is 1.93. The monoisotopic (exact) mass is 277 g/mol. The van der Waals surface area contributed by atoms with Crippen LogP contribution in [0.5, 0.6) is 0 Å². The molecule has 1 aromatic rings. The average molecular weight is 278 g/mol. The number of halogens is 2. The zero-order valence-electron chi connectivity index (χ0n) is 8.64. The van der Waals surface area contributed by atoms with Gasteiger partial charge >= 0.3 is 5.97 Å². The fourth-order valence-corrected chi connectivity index (χ4v) is 1.50. The normalized spacial score (nSPS) is 10.3. The number of carbonyl (C=O) groups is 1. The topological polar surface area (TPSA) is 69.4 Å². The molecule has 92 valence electrons. The molecule has 0 aliphatic heterocycles. The second-order valence-corrected chi connectivity index (χ2v) is 3.76. The van der Waals surface area contributed by atoms with E-state index in [1.54, 1.807) is 0 Å². The van der Waals surface area contributed by atoms with Crippen molar-refractivity contribution in [2.45, 2.75) is 6.10 Å². The summed E-state index contributed by atoms with van der Waals surface area (Å²) in [6.07, 6.45) is -0.568. The number of nitro benzene ring substituents is 1. The number of ether oxygens (including phenoxy) is 1. The maximum absolute atomic E-state index is 11.5. The number of nitro groups is 1. The highest BCUT2D eigenvalue weighted by atomic mass is 35.5. The number of benzene rings is 1. The molecule has 5 nitrogen and oxygen atoms in total. The lowest BCUT2D eigenvalue weighted by Gasteiger charge is -2.11. The van der Waals surface area contributed by atoms with Gasteiger partial charge in [0.25, 0.3) is 5.69 Å². The van der Waals surface area contributed by atoms with Gasteiger partial charge in [0.15, 0.2) is 0 Å². The maximum Gasteiger partial charge on any atom is 0.338 e. The number of alkyl halides is 2. The van der Waals surface area contributed by atoms with Crippen LogP contribution in [-0.2, 0) is 4.74 Å². The Morgan fingerprint density at radius 1 is 1.29 bits per heavy atom. The number of carbonyl (C=O) groups excluding carboxylic acids is 1. The van der Waals surface area contributed by atoms with Crippen LogP contribution < -0.4 is 0 Å². The fraction of sp³-hybridized carbons (Fsp3) is 0.300. The molecule has 0 N–H and O–H groups in total. The van der Waals surface area contributed by atoms with Crippen molar-refractivity contribution in [3.8, 4) is 0 Å². The van der Waals surface area contributed by atoms with E-state index in [4.69, 9.17) is 27.9 Å². The number of rotatable bonds is 5. The number of hydrogen-bond donors (Lipinski definition) is 0. The lowest BCUT2D eigenvalue weighted by atomic mass is 10.2. The smallest absolute Gasteiger partial charge is 0.338 e. The number of non-ortho nitro benzene ring substituents is 1. The Balaban J connectivity index is 2.73. The largest absolute Gasteiger partial charge is 0.456 e. The summed E-state index contributed by atoms with van der Waals surface area (Å²) in [6, 6.07) is 5.10. The van der Waals surface area contributed by atoms with Crippen molar-refractivity contribution in [3.63, 3.8) is 0 Å². The van der Waals surface area contributed by atoms with Crippen LogP contribution in [0, 0.1) is 10.1 Å². The summed E-state index contributed by atoms with van der Waals surface area (Å²) in [5.74, 6) is -0.407. The van der Waals surface area contributed by atoms with Crippen molar-refractivity contribution < 1.29 is 14.5 Å². The van der Waals surface area contributed by atoms with Gasteiger partial charge < -0.3 is 4.74 Å². The van der Waals surface area contributed by atoms with E-state index < -0.39 is 17.0 Å². The Morgan fingerprint density at radius 3 is 2.24 bits per heavy atom. The van der Waals surface area contributed by atoms with Crippen molar-refractivity contribution in [1.82, 2.24) is 0 Å². The molecule has 0 amide bonds. The number of nitrogens with zero attached hydrogens (tertiary/aromatic N) is 1. The van der Waals surface area contributed by atoms with Crippen molar-refractivity contribution in [2.24, 2.45) is 0 Å². The average Bonchev–Trinajstić information content (AvgIpc) is 2.35. The van der Waals surface area contributed by atoms with Crippen molar-refractivity contribution in [3.05, 3.63) is 39.9 Å². The Kier molecular flexibility index (Phi) is 5.18. The molecular formula is C10H9Cl2NO4. The summed E-state index contributed by atoms with van der Waals surface area (Å²) in [5, 5.41) is 10.4. The van der Waals surface area contributed by atoms with Crippen LogP contribution in [0.25, 0.3) is 0 Å². The van der Waals surface area contributed by atoms with Gasteiger partial charge in [-0.3, -0.25) is 10.1 Å². The van der Waals surface area contributed by atoms with Crippen LogP contribution in [0.3, 0.4) is 0 Å². The molecule has 7 heteroatoms. The molecule has 1 aromatic carbocycles. The Hall–Kier alpha value is -1.33. The highest BCUT2D eigenvalue weighted by Gasteiger charge is 2.15. The molecule has 0 aliphatic rings. The summed E-state index contributed by atoms with van der Waals surface area (Å²) < 4.78 is 4.96. The minimum Gasteiger partial charge on any atom is -0.456 e. The summed E-state index contributed by atoms with van der Waals surface area (Å²) in [7, 11) is 0. The molecule has 0 bridgehead atoms. The van der Waals surface area contributed by atoms with E-state index in [9.17, 15) is 14.9 Å². The number of hydrogen-bond acceptors (Lipinski definition) is 4. The summed E-state index contributed by atoms with van der Waals surface area (Å²) in [5.41, 5.74) is 0.128. The summed E-state index contributed by atoms with van der Waals surface area (Å²) in [4.78, 5) is 21.4. The molecule has 0 fully saturated rings. The number of esters is 1. The van der Waals surface area contributed by atoms with Gasteiger partial charge in [-0.2, -0.15) is 0 Å².